The van der Waals surface area contributed by atoms with Crippen molar-refractivity contribution in [3.8, 4) is 11.5 Å². The third-order valence-corrected chi connectivity index (χ3v) is 3.47. The van der Waals surface area contributed by atoms with Crippen molar-refractivity contribution in [1.29, 1.82) is 0 Å². The molecule has 0 fully saturated rings. The molecule has 4 heteroatoms. The molecule has 2 rings (SSSR count). The molecule has 2 N–H and O–H groups in total. The highest BCUT2D eigenvalue weighted by atomic mass is 16.3. The lowest BCUT2D eigenvalue weighted by molar-refractivity contribution is 0.0951. The van der Waals surface area contributed by atoms with Crippen LogP contribution in [0.25, 0.3) is 0 Å². The van der Waals surface area contributed by atoms with Crippen LogP contribution >= 0.6 is 0 Å². The molecule has 114 valence electrons. The van der Waals surface area contributed by atoms with Crippen molar-refractivity contribution in [2.75, 3.05) is 0 Å². The van der Waals surface area contributed by atoms with Gasteiger partial charge >= 0.3 is 0 Å². The molecule has 0 radical (unpaired) electrons. The predicted octanol–water partition coefficient (Wildman–Crippen LogP) is 3.72. The highest BCUT2D eigenvalue weighted by Gasteiger charge is 2.12. The van der Waals surface area contributed by atoms with Crippen LogP contribution in [0, 0.1) is 0 Å². The Kier molecular flexibility index (Phi) is 5.31. The molecule has 0 atom stereocenters. The van der Waals surface area contributed by atoms with Crippen LogP contribution in [-0.4, -0.2) is 21.8 Å². The van der Waals surface area contributed by atoms with E-state index in [1.807, 2.05) is 0 Å². The molecule has 0 aliphatic rings. The molecule has 0 aliphatic carbocycles. The third kappa shape index (κ3) is 3.95. The minimum atomic E-state index is -0.131. The fraction of sp³-hybridized carbons (Fsp3) is 0.222. The Morgan fingerprint density at radius 2 is 1.05 bits per heavy atom. The minimum Gasteiger partial charge on any atom is -0.507 e. The van der Waals surface area contributed by atoms with E-state index in [1.54, 1.807) is 36.4 Å². The SMILES string of the molecule is O=C(CCCCC(=O)c1ccccc1O)c1ccccc1O. The fourth-order valence-corrected chi connectivity index (χ4v) is 2.26. The van der Waals surface area contributed by atoms with Crippen LogP contribution in [0.1, 0.15) is 46.4 Å². The van der Waals surface area contributed by atoms with Crippen LogP contribution in [0.2, 0.25) is 0 Å². The Balaban J connectivity index is 1.80. The second-order valence-electron chi connectivity index (χ2n) is 5.09. The van der Waals surface area contributed by atoms with Crippen molar-refractivity contribution in [2.24, 2.45) is 0 Å². The van der Waals surface area contributed by atoms with E-state index in [2.05, 4.69) is 0 Å². The first-order valence-corrected chi connectivity index (χ1v) is 7.22. The van der Waals surface area contributed by atoms with Gasteiger partial charge in [-0.3, -0.25) is 9.59 Å². The number of aromatic hydroxyl groups is 2. The number of hydrogen-bond donors (Lipinski definition) is 2. The van der Waals surface area contributed by atoms with Gasteiger partial charge in [-0.25, -0.2) is 0 Å². The first kappa shape index (κ1) is 15.8. The van der Waals surface area contributed by atoms with E-state index >= 15 is 0 Å². The van der Waals surface area contributed by atoms with Crippen LogP contribution in [-0.2, 0) is 0 Å². The predicted molar refractivity (Wildman–Crippen MR) is 83.3 cm³/mol. The van der Waals surface area contributed by atoms with E-state index in [0.29, 0.717) is 24.0 Å². The molecule has 2 aromatic rings. The molecule has 0 aromatic heterocycles. The lowest BCUT2D eigenvalue weighted by Gasteiger charge is -2.05. The molecule has 0 bridgehead atoms. The molecule has 0 saturated carbocycles. The van der Waals surface area contributed by atoms with Gasteiger partial charge in [-0.1, -0.05) is 24.3 Å². The van der Waals surface area contributed by atoms with E-state index in [-0.39, 0.29) is 35.9 Å². The number of phenolic OH excluding ortho intramolecular Hbond substituents is 2. The summed E-state index contributed by atoms with van der Waals surface area (Å²) >= 11 is 0. The number of hydrogen-bond acceptors (Lipinski definition) is 4. The van der Waals surface area contributed by atoms with Crippen LogP contribution < -0.4 is 0 Å². The number of carbonyl (C=O) groups excluding carboxylic acids is 2. The summed E-state index contributed by atoms with van der Waals surface area (Å²) in [6.07, 6.45) is 1.69. The zero-order chi connectivity index (χ0) is 15.9. The van der Waals surface area contributed by atoms with Crippen molar-refractivity contribution in [2.45, 2.75) is 25.7 Å². The topological polar surface area (TPSA) is 74.6 Å². The average molecular weight is 298 g/mol. The van der Waals surface area contributed by atoms with E-state index in [1.165, 1.54) is 12.1 Å². The zero-order valence-corrected chi connectivity index (χ0v) is 12.2. The van der Waals surface area contributed by atoms with Gasteiger partial charge in [-0.15, -0.1) is 0 Å². The molecule has 22 heavy (non-hydrogen) atoms. The van der Waals surface area contributed by atoms with E-state index in [0.717, 1.165) is 0 Å². The van der Waals surface area contributed by atoms with Crippen LogP contribution in [0.4, 0.5) is 0 Å². The quantitative estimate of drug-likeness (QED) is 0.603. The maximum Gasteiger partial charge on any atom is 0.166 e. The van der Waals surface area contributed by atoms with Crippen molar-refractivity contribution in [1.82, 2.24) is 0 Å². The monoisotopic (exact) mass is 298 g/mol. The summed E-state index contributed by atoms with van der Waals surface area (Å²) in [5.74, 6) is -0.295. The molecule has 0 heterocycles. The molecule has 0 amide bonds. The van der Waals surface area contributed by atoms with E-state index in [9.17, 15) is 19.8 Å². The number of Topliss-reactive ketones (excluding diaryl/α,β-unsaturated/α-hetero) is 2. The Hall–Kier alpha value is -2.62. The van der Waals surface area contributed by atoms with Gasteiger partial charge in [0.25, 0.3) is 0 Å². The number of para-hydroxylation sites is 2. The number of rotatable bonds is 7. The Morgan fingerprint density at radius 3 is 1.41 bits per heavy atom. The lowest BCUT2D eigenvalue weighted by Crippen LogP contribution is -2.02. The molecule has 0 aliphatic heterocycles. The second-order valence-corrected chi connectivity index (χ2v) is 5.09. The van der Waals surface area contributed by atoms with E-state index in [4.69, 9.17) is 0 Å². The van der Waals surface area contributed by atoms with Gasteiger partial charge in [0.15, 0.2) is 11.6 Å². The maximum absolute atomic E-state index is 11.9. The molecule has 0 unspecified atom stereocenters. The van der Waals surface area contributed by atoms with E-state index < -0.39 is 0 Å². The Labute approximate surface area is 129 Å². The summed E-state index contributed by atoms with van der Waals surface area (Å²) < 4.78 is 0. The molecular weight excluding hydrogens is 280 g/mol. The first-order chi connectivity index (χ1) is 10.6. The second kappa shape index (κ2) is 7.41. The van der Waals surface area contributed by atoms with Gasteiger partial charge in [-0.05, 0) is 37.1 Å². The highest BCUT2D eigenvalue weighted by Crippen LogP contribution is 2.21. The summed E-state index contributed by atoms with van der Waals surface area (Å²) in [5.41, 5.74) is 0.629. The molecule has 4 nitrogen and oxygen atoms in total. The largest absolute Gasteiger partial charge is 0.507 e. The number of unbranched alkanes of at least 4 members (excludes halogenated alkanes) is 1. The zero-order valence-electron chi connectivity index (χ0n) is 12.2. The number of benzene rings is 2. The van der Waals surface area contributed by atoms with Crippen molar-refractivity contribution >= 4 is 11.6 Å². The van der Waals surface area contributed by atoms with Gasteiger partial charge < -0.3 is 10.2 Å². The summed E-state index contributed by atoms with van der Waals surface area (Å²) in [6.45, 7) is 0. The summed E-state index contributed by atoms with van der Waals surface area (Å²) in [5, 5.41) is 19.2. The molecule has 0 saturated heterocycles. The number of phenols is 2. The smallest absolute Gasteiger partial charge is 0.166 e. The Morgan fingerprint density at radius 1 is 0.682 bits per heavy atom. The van der Waals surface area contributed by atoms with Crippen molar-refractivity contribution < 1.29 is 19.8 Å². The number of carbonyl (C=O) groups is 2. The standard InChI is InChI=1S/C18H18O4/c19-15-9-3-1-7-13(15)17(21)11-5-6-12-18(22)14-8-2-4-10-16(14)20/h1-4,7-10,19-20H,5-6,11-12H2. The summed E-state index contributed by atoms with van der Waals surface area (Å²) in [6, 6.07) is 12.9. The van der Waals surface area contributed by atoms with Crippen LogP contribution in [0.15, 0.2) is 48.5 Å². The third-order valence-electron chi connectivity index (χ3n) is 3.47. The molecule has 0 spiro atoms. The van der Waals surface area contributed by atoms with Crippen molar-refractivity contribution in [3.63, 3.8) is 0 Å². The van der Waals surface area contributed by atoms with Gasteiger partial charge in [0, 0.05) is 12.8 Å². The fourth-order valence-electron chi connectivity index (χ4n) is 2.26. The van der Waals surface area contributed by atoms with Crippen LogP contribution in [0.5, 0.6) is 11.5 Å². The average Bonchev–Trinajstić information content (AvgIpc) is 2.52. The van der Waals surface area contributed by atoms with Crippen molar-refractivity contribution in [3.05, 3.63) is 59.7 Å². The van der Waals surface area contributed by atoms with Gasteiger partial charge in [0.05, 0.1) is 11.1 Å². The maximum atomic E-state index is 11.9. The summed E-state index contributed by atoms with van der Waals surface area (Å²) in [4.78, 5) is 23.9. The first-order valence-electron chi connectivity index (χ1n) is 7.22. The normalized spacial score (nSPS) is 10.4. The van der Waals surface area contributed by atoms with Crippen LogP contribution in [0.3, 0.4) is 0 Å². The molecular formula is C18H18O4. The molecule has 2 aromatic carbocycles. The van der Waals surface area contributed by atoms with Gasteiger partial charge in [-0.2, -0.15) is 0 Å². The van der Waals surface area contributed by atoms with Gasteiger partial charge in [0.2, 0.25) is 0 Å². The minimum absolute atomic E-state index is 0.0159. The lowest BCUT2D eigenvalue weighted by atomic mass is 10.0. The number of ketones is 2. The highest BCUT2D eigenvalue weighted by molar-refractivity contribution is 5.99. The Bertz CT molecular complexity index is 617. The summed E-state index contributed by atoms with van der Waals surface area (Å²) in [7, 11) is 0. The van der Waals surface area contributed by atoms with Gasteiger partial charge in [0.1, 0.15) is 11.5 Å².